The summed E-state index contributed by atoms with van der Waals surface area (Å²) in [5, 5.41) is 7.55. The van der Waals surface area contributed by atoms with Crippen LogP contribution < -0.4 is 15.4 Å². The van der Waals surface area contributed by atoms with Gasteiger partial charge in [-0.15, -0.1) is 0 Å². The number of aryl methyl sites for hydroxylation is 1. The molecule has 266 valence electrons. The second-order valence-corrected chi connectivity index (χ2v) is 14.6. The van der Waals surface area contributed by atoms with E-state index in [-0.39, 0.29) is 47.6 Å². The van der Waals surface area contributed by atoms with Gasteiger partial charge in [0.05, 0.1) is 16.9 Å². The number of pyridine rings is 1. The van der Waals surface area contributed by atoms with Gasteiger partial charge in [0.25, 0.3) is 0 Å². The number of nitrogens with one attached hydrogen (secondary N) is 2. The Balaban J connectivity index is 1.00. The molecule has 0 bridgehead atoms. The van der Waals surface area contributed by atoms with E-state index >= 15 is 4.39 Å². The number of ether oxygens (including phenoxy) is 2. The molecule has 3 fully saturated rings. The van der Waals surface area contributed by atoms with E-state index in [2.05, 4.69) is 34.4 Å². The number of likely N-dealkylation sites (tertiary alicyclic amines) is 1. The van der Waals surface area contributed by atoms with Gasteiger partial charge in [0.15, 0.2) is 0 Å². The number of halogens is 1. The van der Waals surface area contributed by atoms with Crippen LogP contribution in [0, 0.1) is 35.9 Å². The molecular weight excluding hydrogens is 659 g/mol. The summed E-state index contributed by atoms with van der Waals surface area (Å²) in [6, 6.07) is 21.7. The van der Waals surface area contributed by atoms with Gasteiger partial charge in [-0.3, -0.25) is 4.79 Å². The Morgan fingerprint density at radius 1 is 0.942 bits per heavy atom. The van der Waals surface area contributed by atoms with E-state index in [1.165, 1.54) is 6.07 Å². The first-order chi connectivity index (χ1) is 25.2. The van der Waals surface area contributed by atoms with Gasteiger partial charge in [0.1, 0.15) is 18.2 Å². The van der Waals surface area contributed by atoms with Gasteiger partial charge < -0.3 is 25.0 Å². The fourth-order valence-corrected chi connectivity index (χ4v) is 7.96. The first-order valence-corrected chi connectivity index (χ1v) is 17.9. The third-order valence-electron chi connectivity index (χ3n) is 10.9. The highest BCUT2D eigenvalue weighted by molar-refractivity contribution is 6.06. The number of nitrogens with zero attached hydrogens (tertiary/aromatic N) is 4. The molecule has 3 aromatic carbocycles. The third kappa shape index (κ3) is 6.51. The zero-order chi connectivity index (χ0) is 36.0. The number of fused-ring (bicyclic) bond motifs is 1. The molecule has 10 nitrogen and oxygen atoms in total. The molecule has 2 unspecified atom stereocenters. The lowest BCUT2D eigenvalue weighted by Crippen LogP contribution is -2.48. The Labute approximate surface area is 301 Å². The minimum Gasteiger partial charge on any atom is -0.445 e. The van der Waals surface area contributed by atoms with E-state index in [0.717, 1.165) is 30.4 Å². The number of rotatable bonds is 9. The molecule has 2 aromatic heterocycles. The lowest BCUT2D eigenvalue weighted by Gasteiger charge is -2.36. The third-order valence-corrected chi connectivity index (χ3v) is 10.9. The average molecular weight is 701 g/mol. The highest BCUT2D eigenvalue weighted by Gasteiger charge is 2.72. The molecule has 0 radical (unpaired) electrons. The van der Waals surface area contributed by atoms with Gasteiger partial charge in [-0.1, -0.05) is 56.3 Å². The zero-order valence-corrected chi connectivity index (χ0v) is 29.4. The smallest absolute Gasteiger partial charge is 0.410 e. The number of aromatic nitrogens is 3. The summed E-state index contributed by atoms with van der Waals surface area (Å²) in [6.07, 6.45) is 5.92. The summed E-state index contributed by atoms with van der Waals surface area (Å²) in [7, 11) is 0. The Bertz CT molecular complexity index is 2160. The van der Waals surface area contributed by atoms with Crippen LogP contribution in [0.5, 0.6) is 11.6 Å². The normalized spacial score (nSPS) is 21.4. The van der Waals surface area contributed by atoms with E-state index < -0.39 is 5.82 Å². The molecule has 4 atom stereocenters. The summed E-state index contributed by atoms with van der Waals surface area (Å²) in [5.41, 5.74) is 3.27. The van der Waals surface area contributed by atoms with Crippen LogP contribution in [0.1, 0.15) is 44.2 Å². The lowest BCUT2D eigenvalue weighted by atomic mass is 9.96. The van der Waals surface area contributed by atoms with Crippen LogP contribution >= 0.6 is 0 Å². The molecule has 1 saturated heterocycles. The molecule has 52 heavy (non-hydrogen) atoms. The fourth-order valence-electron chi connectivity index (χ4n) is 7.96. The number of hydrogen-bond acceptors (Lipinski definition) is 8. The SMILES string of the molecule is Cc1ccc2c(NC(=O)C3C(C)C34CC4)c(F)ccc2c1Oc1ncccc1-c1ccnc(N[C@H]2C[C@@H](C)CN(C(=O)OCc3ccccc3)C2)n1. The second-order valence-electron chi connectivity index (χ2n) is 14.6. The molecule has 3 heterocycles. The van der Waals surface area contributed by atoms with Crippen molar-refractivity contribution < 1.29 is 23.5 Å². The summed E-state index contributed by atoms with van der Waals surface area (Å²) in [5.74, 6) is 1.11. The number of amides is 2. The molecule has 1 spiro atoms. The highest BCUT2D eigenvalue weighted by atomic mass is 19.1. The molecule has 2 saturated carbocycles. The predicted octanol–water partition coefficient (Wildman–Crippen LogP) is 8.38. The molecule has 8 rings (SSSR count). The first-order valence-electron chi connectivity index (χ1n) is 17.9. The fraction of sp³-hybridized carbons (Fsp3) is 0.341. The van der Waals surface area contributed by atoms with E-state index in [4.69, 9.17) is 14.5 Å². The first kappa shape index (κ1) is 33.6. The molecule has 2 N–H and O–H groups in total. The van der Waals surface area contributed by atoms with Gasteiger partial charge in [-0.05, 0) is 84.9 Å². The molecular formula is C41H41FN6O4. The van der Waals surface area contributed by atoms with Gasteiger partial charge >= 0.3 is 6.09 Å². The monoisotopic (exact) mass is 700 g/mol. The minimum atomic E-state index is -0.493. The molecule has 2 aliphatic carbocycles. The summed E-state index contributed by atoms with van der Waals surface area (Å²) in [6.45, 7) is 7.41. The van der Waals surface area contributed by atoms with E-state index in [1.807, 2.05) is 61.5 Å². The maximum absolute atomic E-state index is 15.3. The number of carbonyl (C=O) groups excluding carboxylic acids is 2. The van der Waals surface area contributed by atoms with Crippen molar-refractivity contribution in [3.63, 3.8) is 0 Å². The van der Waals surface area contributed by atoms with Crippen molar-refractivity contribution in [2.75, 3.05) is 23.7 Å². The van der Waals surface area contributed by atoms with Crippen LogP contribution in [0.15, 0.2) is 85.2 Å². The van der Waals surface area contributed by atoms with E-state index in [0.29, 0.717) is 58.6 Å². The zero-order valence-electron chi connectivity index (χ0n) is 29.4. The molecule has 3 aliphatic rings. The number of anilines is 2. The van der Waals surface area contributed by atoms with Crippen molar-refractivity contribution in [2.45, 2.75) is 52.7 Å². The molecule has 11 heteroatoms. The van der Waals surface area contributed by atoms with Gasteiger partial charge in [-0.2, -0.15) is 0 Å². The van der Waals surface area contributed by atoms with Gasteiger partial charge in [0.2, 0.25) is 17.7 Å². The van der Waals surface area contributed by atoms with E-state index in [1.54, 1.807) is 29.4 Å². The van der Waals surface area contributed by atoms with Crippen LogP contribution in [0.3, 0.4) is 0 Å². The van der Waals surface area contributed by atoms with Crippen LogP contribution in [0.25, 0.3) is 22.0 Å². The Kier molecular flexibility index (Phi) is 8.72. The van der Waals surface area contributed by atoms with Crippen molar-refractivity contribution in [3.8, 4) is 22.9 Å². The van der Waals surface area contributed by atoms with Crippen molar-refractivity contribution in [1.82, 2.24) is 19.9 Å². The number of piperidine rings is 1. The Morgan fingerprint density at radius 3 is 2.54 bits per heavy atom. The van der Waals surface area contributed by atoms with Crippen molar-refractivity contribution >= 4 is 34.4 Å². The largest absolute Gasteiger partial charge is 0.445 e. The average Bonchev–Trinajstić information content (AvgIpc) is 4.06. The predicted molar refractivity (Wildman–Crippen MR) is 196 cm³/mol. The summed E-state index contributed by atoms with van der Waals surface area (Å²) < 4.78 is 27.4. The topological polar surface area (TPSA) is 119 Å². The Morgan fingerprint density at radius 2 is 1.75 bits per heavy atom. The lowest BCUT2D eigenvalue weighted by molar-refractivity contribution is -0.118. The van der Waals surface area contributed by atoms with Gasteiger partial charge in [0, 0.05) is 48.2 Å². The van der Waals surface area contributed by atoms with Crippen molar-refractivity contribution in [2.24, 2.45) is 23.2 Å². The highest BCUT2D eigenvalue weighted by Crippen LogP contribution is 2.74. The standard InChI is InChI=1S/C41H41FN6O4/c1-24-20-28(22-48(21-24)40(50)51-23-27-8-5-4-6-9-27)45-39-44-19-15-33(46-39)31-10-7-18-43-38(31)52-36-25(2)11-12-29-30(36)13-14-32(42)35(29)47-37(49)34-26(3)41(34)16-17-41/h4-15,18-19,24,26,28,34H,16-17,20-23H2,1-3H3,(H,47,49)(H,44,45,46)/t24-,26?,28+,34?/m1/s1. The summed E-state index contributed by atoms with van der Waals surface area (Å²) >= 11 is 0. The van der Waals surface area contributed by atoms with Crippen LogP contribution in [0.2, 0.25) is 0 Å². The molecule has 2 amide bonds. The number of hydrogen-bond donors (Lipinski definition) is 2. The van der Waals surface area contributed by atoms with Crippen molar-refractivity contribution in [1.29, 1.82) is 0 Å². The second kappa shape index (κ2) is 13.5. The number of carbonyl (C=O) groups is 2. The quantitative estimate of drug-likeness (QED) is 0.158. The minimum absolute atomic E-state index is 0.0754. The molecule has 5 aromatic rings. The summed E-state index contributed by atoms with van der Waals surface area (Å²) in [4.78, 5) is 41.8. The van der Waals surface area contributed by atoms with E-state index in [9.17, 15) is 9.59 Å². The van der Waals surface area contributed by atoms with Crippen molar-refractivity contribution in [3.05, 3.63) is 102 Å². The Hall–Kier alpha value is -5.58. The maximum atomic E-state index is 15.3. The number of benzene rings is 3. The van der Waals surface area contributed by atoms with Crippen LogP contribution in [-0.4, -0.2) is 51.0 Å². The van der Waals surface area contributed by atoms with Gasteiger partial charge in [-0.25, -0.2) is 24.1 Å². The van der Waals surface area contributed by atoms with Crippen LogP contribution in [0.4, 0.5) is 20.8 Å². The van der Waals surface area contributed by atoms with Crippen LogP contribution in [-0.2, 0) is 16.1 Å². The maximum Gasteiger partial charge on any atom is 0.410 e. The molecule has 1 aliphatic heterocycles.